The lowest BCUT2D eigenvalue weighted by Crippen LogP contribution is -2.46. The van der Waals surface area contributed by atoms with Crippen LogP contribution in [0.5, 0.6) is 0 Å². The Morgan fingerprint density at radius 1 is 1.35 bits per heavy atom. The third-order valence-electron chi connectivity index (χ3n) is 3.12. The van der Waals surface area contributed by atoms with Crippen molar-refractivity contribution in [3.8, 4) is 0 Å². The van der Waals surface area contributed by atoms with Crippen LogP contribution in [-0.2, 0) is 4.79 Å². The largest absolute Gasteiger partial charge is 0.351 e. The van der Waals surface area contributed by atoms with E-state index in [0.29, 0.717) is 15.7 Å². The fraction of sp³-hybridized carbons (Fsp3) is 0.286. The summed E-state index contributed by atoms with van der Waals surface area (Å²) >= 11 is 11.4. The van der Waals surface area contributed by atoms with Crippen LogP contribution in [-0.4, -0.2) is 30.0 Å². The highest BCUT2D eigenvalue weighted by molar-refractivity contribution is 7.80. The number of allylic oxidation sites excluding steroid dienone is 1. The van der Waals surface area contributed by atoms with Gasteiger partial charge in [-0.15, -0.1) is 0 Å². The number of hydrogen-bond donors (Lipinski definition) is 2. The highest BCUT2D eigenvalue weighted by atomic mass is 35.5. The first kappa shape index (κ1) is 14.8. The van der Waals surface area contributed by atoms with Crippen LogP contribution >= 0.6 is 23.8 Å². The Kier molecular flexibility index (Phi) is 4.30. The lowest BCUT2D eigenvalue weighted by molar-refractivity contribution is -0.125. The summed E-state index contributed by atoms with van der Waals surface area (Å²) < 4.78 is 0. The van der Waals surface area contributed by atoms with Gasteiger partial charge in [0.25, 0.3) is 5.91 Å². The normalized spacial score (nSPS) is 18.4. The molecular weight excluding hydrogens is 294 g/mol. The lowest BCUT2D eigenvalue weighted by Gasteiger charge is -2.32. The smallest absolute Gasteiger partial charge is 0.253 e. The number of likely N-dealkylation sites (N-methyl/N-ethyl adjacent to an activating group) is 1. The molecule has 1 amide bonds. The van der Waals surface area contributed by atoms with E-state index in [9.17, 15) is 4.79 Å². The second-order valence-electron chi connectivity index (χ2n) is 4.79. The number of nitrogens with one attached hydrogen (secondary N) is 2. The van der Waals surface area contributed by atoms with E-state index < -0.39 is 0 Å². The summed E-state index contributed by atoms with van der Waals surface area (Å²) in [6.07, 6.45) is 0. The molecular formula is C14H16ClN3OS. The molecule has 1 atom stereocenters. The van der Waals surface area contributed by atoms with Gasteiger partial charge in [0, 0.05) is 24.8 Å². The average molecular weight is 310 g/mol. The first-order chi connectivity index (χ1) is 9.41. The number of halogens is 1. The molecule has 6 heteroatoms. The Hall–Kier alpha value is -1.59. The van der Waals surface area contributed by atoms with Crippen molar-refractivity contribution in [2.24, 2.45) is 0 Å². The van der Waals surface area contributed by atoms with E-state index in [0.717, 1.165) is 11.3 Å². The van der Waals surface area contributed by atoms with Crippen molar-refractivity contribution in [1.29, 1.82) is 0 Å². The maximum absolute atomic E-state index is 12.4. The van der Waals surface area contributed by atoms with Gasteiger partial charge in [0.1, 0.15) is 0 Å². The Bertz CT molecular complexity index is 598. The molecule has 0 saturated carbocycles. The van der Waals surface area contributed by atoms with Gasteiger partial charge in [0.05, 0.1) is 11.6 Å². The molecule has 2 N–H and O–H groups in total. The van der Waals surface area contributed by atoms with Crippen LogP contribution in [0.25, 0.3) is 0 Å². The van der Waals surface area contributed by atoms with E-state index in [4.69, 9.17) is 23.8 Å². The number of carbonyl (C=O) groups excluding carboxylic acids is 1. The molecule has 1 aliphatic heterocycles. The third kappa shape index (κ3) is 2.78. The molecule has 0 bridgehead atoms. The van der Waals surface area contributed by atoms with Crippen LogP contribution in [0, 0.1) is 0 Å². The molecule has 0 radical (unpaired) electrons. The summed E-state index contributed by atoms with van der Waals surface area (Å²) in [4.78, 5) is 14.0. The second-order valence-corrected chi connectivity index (χ2v) is 5.61. The van der Waals surface area contributed by atoms with Crippen LogP contribution in [0.1, 0.15) is 18.5 Å². The molecule has 1 aliphatic rings. The zero-order valence-corrected chi connectivity index (χ0v) is 13.1. The molecule has 1 aromatic rings. The standard InChI is InChI=1S/C14H16ClN3OS/c1-8-11(13(19)18(2)3)12(17-14(20)16-8)9-6-4-5-7-10(9)15/h4-7,12H,1-3H3,(H2,16,17,20)/t12-/m0/s1. The predicted octanol–water partition coefficient (Wildman–Crippen LogP) is 2.22. The Balaban J connectivity index is 2.54. The minimum atomic E-state index is -0.340. The monoisotopic (exact) mass is 309 g/mol. The number of nitrogens with zero attached hydrogens (tertiary/aromatic N) is 1. The minimum absolute atomic E-state index is 0.0741. The summed E-state index contributed by atoms with van der Waals surface area (Å²) in [6.45, 7) is 1.84. The molecule has 0 unspecified atom stereocenters. The third-order valence-corrected chi connectivity index (χ3v) is 3.69. The van der Waals surface area contributed by atoms with E-state index >= 15 is 0 Å². The van der Waals surface area contributed by atoms with Gasteiger partial charge in [-0.1, -0.05) is 29.8 Å². The van der Waals surface area contributed by atoms with E-state index in [1.165, 1.54) is 0 Å². The van der Waals surface area contributed by atoms with Crippen molar-refractivity contribution < 1.29 is 4.79 Å². The highest BCUT2D eigenvalue weighted by Crippen LogP contribution is 2.31. The topological polar surface area (TPSA) is 44.4 Å². The van der Waals surface area contributed by atoms with Crippen LogP contribution in [0.15, 0.2) is 35.5 Å². The molecule has 0 fully saturated rings. The quantitative estimate of drug-likeness (QED) is 0.822. The summed E-state index contributed by atoms with van der Waals surface area (Å²) in [5.74, 6) is -0.0741. The molecule has 1 aromatic carbocycles. The number of rotatable bonds is 2. The number of amides is 1. The second kappa shape index (κ2) is 5.81. The lowest BCUT2D eigenvalue weighted by atomic mass is 9.94. The Morgan fingerprint density at radius 3 is 2.60 bits per heavy atom. The summed E-state index contributed by atoms with van der Waals surface area (Å²) in [7, 11) is 3.44. The molecule has 0 aliphatic carbocycles. The molecule has 1 heterocycles. The van der Waals surface area contributed by atoms with Gasteiger partial charge < -0.3 is 15.5 Å². The van der Waals surface area contributed by atoms with Gasteiger partial charge >= 0.3 is 0 Å². The molecule has 0 aromatic heterocycles. The first-order valence-corrected chi connectivity index (χ1v) is 6.94. The zero-order chi connectivity index (χ0) is 14.9. The van der Waals surface area contributed by atoms with Crippen molar-refractivity contribution in [3.63, 3.8) is 0 Å². The van der Waals surface area contributed by atoms with Crippen LogP contribution in [0.4, 0.5) is 0 Å². The fourth-order valence-electron chi connectivity index (χ4n) is 2.16. The van der Waals surface area contributed by atoms with E-state index in [1.54, 1.807) is 25.1 Å². The SMILES string of the molecule is CC1=C(C(=O)N(C)C)[C@H](c2ccccc2Cl)NC(=S)N1. The Morgan fingerprint density at radius 2 is 2.00 bits per heavy atom. The first-order valence-electron chi connectivity index (χ1n) is 6.16. The number of hydrogen-bond acceptors (Lipinski definition) is 2. The minimum Gasteiger partial charge on any atom is -0.351 e. The van der Waals surface area contributed by atoms with Gasteiger partial charge in [-0.25, -0.2) is 0 Å². The van der Waals surface area contributed by atoms with Gasteiger partial charge in [-0.3, -0.25) is 4.79 Å². The summed E-state index contributed by atoms with van der Waals surface area (Å²) in [6, 6.07) is 7.10. The molecule has 20 heavy (non-hydrogen) atoms. The Labute approximate surface area is 128 Å². The van der Waals surface area contributed by atoms with Gasteiger partial charge in [0.2, 0.25) is 0 Å². The zero-order valence-electron chi connectivity index (χ0n) is 11.5. The maximum atomic E-state index is 12.4. The van der Waals surface area contributed by atoms with Crippen molar-refractivity contribution in [3.05, 3.63) is 46.1 Å². The molecule has 106 valence electrons. The number of carbonyl (C=O) groups is 1. The van der Waals surface area contributed by atoms with E-state index in [1.807, 2.05) is 25.1 Å². The number of thiocarbonyl (C=S) groups is 1. The average Bonchev–Trinajstić information content (AvgIpc) is 2.37. The van der Waals surface area contributed by atoms with Crippen LogP contribution in [0.3, 0.4) is 0 Å². The molecule has 0 saturated heterocycles. The molecule has 0 spiro atoms. The van der Waals surface area contributed by atoms with E-state index in [-0.39, 0.29) is 11.9 Å². The highest BCUT2D eigenvalue weighted by Gasteiger charge is 2.31. The predicted molar refractivity (Wildman–Crippen MR) is 84.5 cm³/mol. The van der Waals surface area contributed by atoms with E-state index in [2.05, 4.69) is 10.6 Å². The van der Waals surface area contributed by atoms with Crippen LogP contribution < -0.4 is 10.6 Å². The molecule has 2 rings (SSSR count). The maximum Gasteiger partial charge on any atom is 0.253 e. The van der Waals surface area contributed by atoms with Gasteiger partial charge in [-0.05, 0) is 30.8 Å². The van der Waals surface area contributed by atoms with Crippen molar-refractivity contribution in [2.45, 2.75) is 13.0 Å². The van der Waals surface area contributed by atoms with Crippen LogP contribution in [0.2, 0.25) is 5.02 Å². The van der Waals surface area contributed by atoms with Crippen molar-refractivity contribution in [1.82, 2.24) is 15.5 Å². The van der Waals surface area contributed by atoms with Gasteiger partial charge in [-0.2, -0.15) is 0 Å². The van der Waals surface area contributed by atoms with Crippen molar-refractivity contribution in [2.75, 3.05) is 14.1 Å². The summed E-state index contributed by atoms with van der Waals surface area (Å²) in [5.41, 5.74) is 2.21. The number of benzene rings is 1. The summed E-state index contributed by atoms with van der Waals surface area (Å²) in [5, 5.41) is 7.21. The van der Waals surface area contributed by atoms with Crippen molar-refractivity contribution >= 4 is 34.8 Å². The fourth-order valence-corrected chi connectivity index (χ4v) is 2.68. The molecule has 4 nitrogen and oxygen atoms in total. The van der Waals surface area contributed by atoms with Gasteiger partial charge in [0.15, 0.2) is 5.11 Å².